The van der Waals surface area contributed by atoms with Gasteiger partial charge in [-0.2, -0.15) is 0 Å². The molecule has 0 unspecified atom stereocenters. The molecule has 5 heteroatoms. The van der Waals surface area contributed by atoms with Crippen LogP contribution in [0.5, 0.6) is 5.88 Å². The summed E-state index contributed by atoms with van der Waals surface area (Å²) < 4.78 is 0. The van der Waals surface area contributed by atoms with Crippen molar-refractivity contribution < 1.29 is 5.11 Å². The quantitative estimate of drug-likeness (QED) is 0.825. The zero-order chi connectivity index (χ0) is 11.4. The van der Waals surface area contributed by atoms with Gasteiger partial charge < -0.3 is 5.11 Å². The molecule has 0 fully saturated rings. The zero-order valence-corrected chi connectivity index (χ0v) is 9.61. The van der Waals surface area contributed by atoms with E-state index in [1.54, 1.807) is 24.0 Å². The van der Waals surface area contributed by atoms with E-state index in [9.17, 15) is 0 Å². The summed E-state index contributed by atoms with van der Waals surface area (Å²) in [6.07, 6.45) is 1.73. The minimum Gasteiger partial charge on any atom is -0.492 e. The molecule has 4 nitrogen and oxygen atoms in total. The molecule has 2 heterocycles. The number of pyridine rings is 1. The van der Waals surface area contributed by atoms with E-state index < -0.39 is 0 Å². The van der Waals surface area contributed by atoms with Crippen LogP contribution in [0.2, 0.25) is 0 Å². The Balaban J connectivity index is 2.42. The first-order chi connectivity index (χ1) is 7.81. The molecule has 0 saturated heterocycles. The number of nitrogens with zero attached hydrogens (tertiary/aromatic N) is 3. The van der Waals surface area contributed by atoms with Gasteiger partial charge in [-0.25, -0.2) is 0 Å². The third-order valence-corrected chi connectivity index (χ3v) is 2.89. The van der Waals surface area contributed by atoms with Gasteiger partial charge in [-0.1, -0.05) is 6.92 Å². The van der Waals surface area contributed by atoms with Crippen molar-refractivity contribution in [3.63, 3.8) is 0 Å². The van der Waals surface area contributed by atoms with Gasteiger partial charge in [0.15, 0.2) is 0 Å². The second kappa shape index (κ2) is 4.94. The fraction of sp³-hybridized carbons (Fsp3) is 0.182. The van der Waals surface area contributed by atoms with Gasteiger partial charge in [0.2, 0.25) is 5.88 Å². The zero-order valence-electron chi connectivity index (χ0n) is 8.79. The van der Waals surface area contributed by atoms with Crippen LogP contribution < -0.4 is 0 Å². The SMILES string of the molecule is CCSc1cccnc1-c1ccc(O)nn1. The summed E-state index contributed by atoms with van der Waals surface area (Å²) in [7, 11) is 0. The molecule has 0 aliphatic heterocycles. The molecule has 0 radical (unpaired) electrons. The number of aromatic nitrogens is 3. The van der Waals surface area contributed by atoms with Crippen molar-refractivity contribution in [2.75, 3.05) is 5.75 Å². The standard InChI is InChI=1S/C11H11N3OS/c1-2-16-9-4-3-7-12-11(9)8-5-6-10(15)14-13-8/h3-7H,2H2,1H3,(H,14,15). The van der Waals surface area contributed by atoms with Gasteiger partial charge in [-0.3, -0.25) is 4.98 Å². The van der Waals surface area contributed by atoms with Gasteiger partial charge >= 0.3 is 0 Å². The Morgan fingerprint density at radius 1 is 1.25 bits per heavy atom. The molecule has 1 N–H and O–H groups in total. The first-order valence-corrected chi connectivity index (χ1v) is 5.90. The fourth-order valence-corrected chi connectivity index (χ4v) is 2.09. The number of hydrogen-bond acceptors (Lipinski definition) is 5. The molecular formula is C11H11N3OS. The lowest BCUT2D eigenvalue weighted by molar-refractivity contribution is 0.445. The van der Waals surface area contributed by atoms with E-state index in [1.807, 2.05) is 12.1 Å². The first-order valence-electron chi connectivity index (χ1n) is 4.92. The van der Waals surface area contributed by atoms with Crippen LogP contribution in [-0.2, 0) is 0 Å². The number of hydrogen-bond donors (Lipinski definition) is 1. The highest BCUT2D eigenvalue weighted by molar-refractivity contribution is 7.99. The van der Waals surface area contributed by atoms with Crippen LogP contribution in [-0.4, -0.2) is 26.0 Å². The number of rotatable bonds is 3. The molecule has 16 heavy (non-hydrogen) atoms. The molecule has 0 spiro atoms. The highest BCUT2D eigenvalue weighted by atomic mass is 32.2. The fourth-order valence-electron chi connectivity index (χ4n) is 1.31. The maximum atomic E-state index is 9.08. The molecule has 0 aromatic carbocycles. The van der Waals surface area contributed by atoms with Crippen LogP contribution in [0.25, 0.3) is 11.4 Å². The van der Waals surface area contributed by atoms with Crippen molar-refractivity contribution >= 4 is 11.8 Å². The Morgan fingerprint density at radius 3 is 2.81 bits per heavy atom. The molecule has 2 aromatic rings. The maximum Gasteiger partial charge on any atom is 0.230 e. The van der Waals surface area contributed by atoms with E-state index in [-0.39, 0.29) is 5.88 Å². The van der Waals surface area contributed by atoms with E-state index in [4.69, 9.17) is 5.11 Å². The van der Waals surface area contributed by atoms with Gasteiger partial charge in [0.05, 0.1) is 0 Å². The topological polar surface area (TPSA) is 58.9 Å². The van der Waals surface area contributed by atoms with Crippen LogP contribution in [0.1, 0.15) is 6.92 Å². The van der Waals surface area contributed by atoms with Crippen molar-refractivity contribution in [2.24, 2.45) is 0 Å². The minimum atomic E-state index is -0.0793. The van der Waals surface area contributed by atoms with Crippen LogP contribution in [0.4, 0.5) is 0 Å². The van der Waals surface area contributed by atoms with Gasteiger partial charge in [0.25, 0.3) is 0 Å². The highest BCUT2D eigenvalue weighted by Crippen LogP contribution is 2.27. The summed E-state index contributed by atoms with van der Waals surface area (Å²) in [6, 6.07) is 7.13. The lowest BCUT2D eigenvalue weighted by Crippen LogP contribution is -1.92. The van der Waals surface area contributed by atoms with Gasteiger partial charge in [-0.05, 0) is 24.0 Å². The third kappa shape index (κ3) is 2.30. The molecule has 0 atom stereocenters. The van der Waals surface area contributed by atoms with E-state index in [2.05, 4.69) is 22.1 Å². The summed E-state index contributed by atoms with van der Waals surface area (Å²) in [5.41, 5.74) is 1.48. The normalized spacial score (nSPS) is 10.3. The van der Waals surface area contributed by atoms with Crippen molar-refractivity contribution in [1.82, 2.24) is 15.2 Å². The van der Waals surface area contributed by atoms with E-state index in [0.717, 1.165) is 16.3 Å². The van der Waals surface area contributed by atoms with Crippen LogP contribution in [0, 0.1) is 0 Å². The second-order valence-corrected chi connectivity index (χ2v) is 4.37. The predicted octanol–water partition coefficient (Wildman–Crippen LogP) is 2.36. The Bertz CT molecular complexity index is 473. The Labute approximate surface area is 97.8 Å². The Kier molecular flexibility index (Phi) is 3.36. The number of aromatic hydroxyl groups is 1. The Morgan fingerprint density at radius 2 is 2.12 bits per heavy atom. The monoisotopic (exact) mass is 233 g/mol. The summed E-state index contributed by atoms with van der Waals surface area (Å²) in [4.78, 5) is 5.37. The molecule has 2 aromatic heterocycles. The van der Waals surface area contributed by atoms with Gasteiger partial charge in [0, 0.05) is 17.2 Å². The second-order valence-electron chi connectivity index (χ2n) is 3.06. The average Bonchev–Trinajstić information content (AvgIpc) is 2.32. The first kappa shape index (κ1) is 10.9. The average molecular weight is 233 g/mol. The molecule has 0 bridgehead atoms. The maximum absolute atomic E-state index is 9.08. The van der Waals surface area contributed by atoms with Gasteiger partial charge in [0.1, 0.15) is 11.4 Å². The molecule has 0 amide bonds. The smallest absolute Gasteiger partial charge is 0.230 e. The lowest BCUT2D eigenvalue weighted by atomic mass is 10.2. The van der Waals surface area contributed by atoms with E-state index in [0.29, 0.717) is 5.69 Å². The molecular weight excluding hydrogens is 222 g/mol. The predicted molar refractivity (Wildman–Crippen MR) is 63.3 cm³/mol. The van der Waals surface area contributed by atoms with Gasteiger partial charge in [-0.15, -0.1) is 22.0 Å². The molecule has 82 valence electrons. The summed E-state index contributed by atoms with van der Waals surface area (Å²) in [5.74, 6) is 0.897. The van der Waals surface area contributed by atoms with Crippen LogP contribution in [0.3, 0.4) is 0 Å². The summed E-state index contributed by atoms with van der Waals surface area (Å²) >= 11 is 1.71. The summed E-state index contributed by atoms with van der Waals surface area (Å²) in [6.45, 7) is 2.09. The van der Waals surface area contributed by atoms with Crippen LogP contribution in [0.15, 0.2) is 35.4 Å². The Hall–Kier alpha value is -1.62. The van der Waals surface area contributed by atoms with Crippen molar-refractivity contribution in [1.29, 1.82) is 0 Å². The van der Waals surface area contributed by atoms with Crippen molar-refractivity contribution in [3.8, 4) is 17.3 Å². The molecule has 0 aliphatic carbocycles. The summed E-state index contributed by atoms with van der Waals surface area (Å²) in [5, 5.41) is 16.6. The van der Waals surface area contributed by atoms with Crippen molar-refractivity contribution in [3.05, 3.63) is 30.5 Å². The molecule has 2 rings (SSSR count). The lowest BCUT2D eigenvalue weighted by Gasteiger charge is -2.05. The minimum absolute atomic E-state index is 0.0793. The molecule has 0 saturated carbocycles. The number of thioether (sulfide) groups is 1. The largest absolute Gasteiger partial charge is 0.492 e. The van der Waals surface area contributed by atoms with E-state index >= 15 is 0 Å². The van der Waals surface area contributed by atoms with Crippen LogP contribution >= 0.6 is 11.8 Å². The highest BCUT2D eigenvalue weighted by Gasteiger charge is 2.07. The molecule has 0 aliphatic rings. The van der Waals surface area contributed by atoms with Crippen molar-refractivity contribution in [2.45, 2.75) is 11.8 Å². The van der Waals surface area contributed by atoms with E-state index in [1.165, 1.54) is 6.07 Å². The third-order valence-electron chi connectivity index (χ3n) is 1.96.